The van der Waals surface area contributed by atoms with Crippen molar-refractivity contribution in [1.82, 2.24) is 25.1 Å². The molecule has 2 aromatic heterocycles. The molecule has 1 amide bonds. The van der Waals surface area contributed by atoms with E-state index in [0.29, 0.717) is 22.3 Å². The average molecular weight is 345 g/mol. The van der Waals surface area contributed by atoms with Gasteiger partial charge in [-0.15, -0.1) is 10.2 Å². The molecule has 0 aliphatic heterocycles. The van der Waals surface area contributed by atoms with Gasteiger partial charge in [-0.25, -0.2) is 0 Å². The maximum absolute atomic E-state index is 12.6. The summed E-state index contributed by atoms with van der Waals surface area (Å²) in [4.78, 5) is 27.2. The van der Waals surface area contributed by atoms with E-state index in [2.05, 4.69) is 20.5 Å². The number of H-pyrrole nitrogens is 1. The second kappa shape index (κ2) is 6.64. The quantitative estimate of drug-likeness (QED) is 0.592. The molecule has 0 fully saturated rings. The minimum atomic E-state index is -0.338. The van der Waals surface area contributed by atoms with Gasteiger partial charge in [-0.05, 0) is 18.2 Å². The van der Waals surface area contributed by atoms with Gasteiger partial charge in [-0.2, -0.15) is 0 Å². The third-order valence-electron chi connectivity index (χ3n) is 4.05. The Labute approximate surface area is 148 Å². The Kier molecular flexibility index (Phi) is 4.03. The van der Waals surface area contributed by atoms with Gasteiger partial charge in [-0.1, -0.05) is 36.4 Å². The zero-order valence-corrected chi connectivity index (χ0v) is 13.7. The van der Waals surface area contributed by atoms with Crippen LogP contribution in [0, 0.1) is 0 Å². The Hall–Kier alpha value is -3.74. The molecule has 0 radical (unpaired) electrons. The van der Waals surface area contributed by atoms with Crippen molar-refractivity contribution >= 4 is 16.8 Å². The van der Waals surface area contributed by atoms with Crippen LogP contribution in [0.3, 0.4) is 0 Å². The highest BCUT2D eigenvalue weighted by molar-refractivity contribution is 6.05. The van der Waals surface area contributed by atoms with Crippen LogP contribution in [0.2, 0.25) is 0 Å². The molecule has 26 heavy (non-hydrogen) atoms. The Morgan fingerprint density at radius 3 is 2.69 bits per heavy atom. The number of carbonyl (C=O) groups excluding carboxylic acids is 1. The van der Waals surface area contributed by atoms with Crippen LogP contribution in [-0.4, -0.2) is 25.7 Å². The summed E-state index contributed by atoms with van der Waals surface area (Å²) in [7, 11) is 0. The van der Waals surface area contributed by atoms with Crippen LogP contribution >= 0.6 is 0 Å². The van der Waals surface area contributed by atoms with Crippen LogP contribution in [0.4, 0.5) is 0 Å². The molecule has 0 spiro atoms. The van der Waals surface area contributed by atoms with Crippen molar-refractivity contribution in [3.63, 3.8) is 0 Å². The number of amides is 1. The van der Waals surface area contributed by atoms with Crippen molar-refractivity contribution in [2.24, 2.45) is 0 Å². The molecule has 0 aliphatic rings. The van der Waals surface area contributed by atoms with Gasteiger partial charge in [0.05, 0.1) is 12.1 Å². The predicted octanol–water partition coefficient (Wildman–Crippen LogP) is 2.04. The van der Waals surface area contributed by atoms with Crippen molar-refractivity contribution in [2.75, 3.05) is 0 Å². The van der Waals surface area contributed by atoms with Gasteiger partial charge in [-0.3, -0.25) is 14.2 Å². The lowest BCUT2D eigenvalue weighted by Gasteiger charge is -2.09. The van der Waals surface area contributed by atoms with Crippen LogP contribution in [0.15, 0.2) is 71.8 Å². The highest BCUT2D eigenvalue weighted by Gasteiger charge is 2.13. The summed E-state index contributed by atoms with van der Waals surface area (Å²) < 4.78 is 1.80. The zero-order chi connectivity index (χ0) is 17.9. The van der Waals surface area contributed by atoms with Gasteiger partial charge >= 0.3 is 0 Å². The monoisotopic (exact) mass is 345 g/mol. The zero-order valence-electron chi connectivity index (χ0n) is 13.7. The maximum atomic E-state index is 12.6. The van der Waals surface area contributed by atoms with E-state index in [4.69, 9.17) is 0 Å². The fraction of sp³-hybridized carbons (Fsp3) is 0.0526. The van der Waals surface area contributed by atoms with Crippen molar-refractivity contribution in [3.05, 3.63) is 88.7 Å². The van der Waals surface area contributed by atoms with Crippen LogP contribution in [0.1, 0.15) is 16.2 Å². The molecule has 0 aliphatic carbocycles. The van der Waals surface area contributed by atoms with Crippen LogP contribution < -0.4 is 10.9 Å². The number of hydrogen-bond acceptors (Lipinski definition) is 4. The molecule has 2 N–H and O–H groups in total. The third-order valence-corrected chi connectivity index (χ3v) is 4.05. The van der Waals surface area contributed by atoms with E-state index in [1.165, 1.54) is 6.07 Å². The van der Waals surface area contributed by atoms with Crippen molar-refractivity contribution in [3.8, 4) is 5.69 Å². The lowest BCUT2D eigenvalue weighted by Crippen LogP contribution is -2.26. The Bertz CT molecular complexity index is 1130. The summed E-state index contributed by atoms with van der Waals surface area (Å²) in [6.07, 6.45) is 1.60. The number of para-hydroxylation sites is 2. The van der Waals surface area contributed by atoms with Crippen LogP contribution in [0.5, 0.6) is 0 Å². The molecule has 0 saturated carbocycles. The Balaban J connectivity index is 1.60. The second-order valence-electron chi connectivity index (χ2n) is 5.73. The number of benzene rings is 2. The maximum Gasteiger partial charge on any atom is 0.252 e. The van der Waals surface area contributed by atoms with E-state index in [1.54, 1.807) is 23.0 Å². The van der Waals surface area contributed by atoms with Gasteiger partial charge in [0, 0.05) is 22.7 Å². The second-order valence-corrected chi connectivity index (χ2v) is 5.73. The molecule has 0 saturated heterocycles. The smallest absolute Gasteiger partial charge is 0.252 e. The van der Waals surface area contributed by atoms with Gasteiger partial charge < -0.3 is 10.3 Å². The topological polar surface area (TPSA) is 92.7 Å². The number of pyridine rings is 1. The number of nitrogens with zero attached hydrogens (tertiary/aromatic N) is 3. The minimum absolute atomic E-state index is 0.189. The van der Waals surface area contributed by atoms with Gasteiger partial charge in [0.2, 0.25) is 5.56 Å². The van der Waals surface area contributed by atoms with Gasteiger partial charge in [0.25, 0.3) is 5.91 Å². The molecular formula is C19H15N5O2. The lowest BCUT2D eigenvalue weighted by molar-refractivity contribution is 0.0951. The standard InChI is InChI=1S/C19H15N5O2/c25-18-10-15(14-8-4-5-9-16(14)22-18)19(26)20-11-17-23-21-12-24(17)13-6-2-1-3-7-13/h1-10,12H,11H2,(H,20,26)(H,22,25). The number of aromatic amines is 1. The summed E-state index contributed by atoms with van der Waals surface area (Å²) in [5, 5.41) is 11.5. The summed E-state index contributed by atoms with van der Waals surface area (Å²) in [5.41, 5.74) is 1.54. The van der Waals surface area contributed by atoms with E-state index in [0.717, 1.165) is 5.69 Å². The summed E-state index contributed by atoms with van der Waals surface area (Å²) in [5.74, 6) is 0.258. The Morgan fingerprint density at radius 2 is 1.85 bits per heavy atom. The highest BCUT2D eigenvalue weighted by Crippen LogP contribution is 2.15. The number of hydrogen-bond donors (Lipinski definition) is 2. The van der Waals surface area contributed by atoms with Gasteiger partial charge in [0.1, 0.15) is 6.33 Å². The van der Waals surface area contributed by atoms with Gasteiger partial charge in [0.15, 0.2) is 5.82 Å². The SMILES string of the molecule is O=C(NCc1nncn1-c1ccccc1)c1cc(=O)[nH]c2ccccc12. The average Bonchev–Trinajstić information content (AvgIpc) is 3.14. The first kappa shape index (κ1) is 15.8. The number of rotatable bonds is 4. The van der Waals surface area contributed by atoms with E-state index in [-0.39, 0.29) is 18.0 Å². The minimum Gasteiger partial charge on any atom is -0.345 e. The summed E-state index contributed by atoms with van der Waals surface area (Å²) >= 11 is 0. The molecule has 2 heterocycles. The third kappa shape index (κ3) is 2.98. The van der Waals surface area contributed by atoms with E-state index < -0.39 is 0 Å². The number of carbonyl (C=O) groups is 1. The Morgan fingerprint density at radius 1 is 1.08 bits per heavy atom. The number of aromatic nitrogens is 4. The molecule has 128 valence electrons. The first-order chi connectivity index (χ1) is 12.7. The number of nitrogens with one attached hydrogen (secondary N) is 2. The molecule has 7 nitrogen and oxygen atoms in total. The number of fused-ring (bicyclic) bond motifs is 1. The first-order valence-corrected chi connectivity index (χ1v) is 8.07. The normalized spacial score (nSPS) is 10.8. The fourth-order valence-electron chi connectivity index (χ4n) is 2.83. The summed E-state index contributed by atoms with van der Waals surface area (Å²) in [6, 6.07) is 18.1. The van der Waals surface area contributed by atoms with Crippen molar-refractivity contribution in [1.29, 1.82) is 0 Å². The molecular weight excluding hydrogens is 330 g/mol. The van der Waals surface area contributed by atoms with Crippen molar-refractivity contribution < 1.29 is 4.79 Å². The van der Waals surface area contributed by atoms with Crippen LogP contribution in [0.25, 0.3) is 16.6 Å². The molecule has 4 aromatic rings. The molecule has 0 bridgehead atoms. The fourth-order valence-corrected chi connectivity index (χ4v) is 2.83. The molecule has 4 rings (SSSR count). The summed E-state index contributed by atoms with van der Waals surface area (Å²) in [6.45, 7) is 0.189. The first-order valence-electron chi connectivity index (χ1n) is 8.07. The molecule has 0 unspecified atom stereocenters. The van der Waals surface area contributed by atoms with E-state index in [9.17, 15) is 9.59 Å². The largest absolute Gasteiger partial charge is 0.345 e. The molecule has 7 heteroatoms. The van der Waals surface area contributed by atoms with E-state index in [1.807, 2.05) is 42.5 Å². The van der Waals surface area contributed by atoms with E-state index >= 15 is 0 Å². The van der Waals surface area contributed by atoms with Crippen molar-refractivity contribution in [2.45, 2.75) is 6.54 Å². The highest BCUT2D eigenvalue weighted by atomic mass is 16.2. The van der Waals surface area contributed by atoms with Crippen LogP contribution in [-0.2, 0) is 6.54 Å². The molecule has 0 atom stereocenters. The lowest BCUT2D eigenvalue weighted by atomic mass is 10.1. The molecule has 2 aromatic carbocycles. The predicted molar refractivity (Wildman–Crippen MR) is 97.1 cm³/mol.